The molecule has 0 aliphatic carbocycles. The maximum atomic E-state index is 14.1. The van der Waals surface area contributed by atoms with Gasteiger partial charge in [-0.15, -0.1) is 0 Å². The van der Waals surface area contributed by atoms with Crippen LogP contribution in [0.15, 0.2) is 27.4 Å². The van der Waals surface area contributed by atoms with Gasteiger partial charge in [0.25, 0.3) is 0 Å². The summed E-state index contributed by atoms with van der Waals surface area (Å²) in [5.74, 6) is -1.24. The van der Waals surface area contributed by atoms with Crippen LogP contribution in [0.25, 0.3) is 22.3 Å². The third kappa shape index (κ3) is 5.86. The Morgan fingerprint density at radius 2 is 1.33 bits per heavy atom. The van der Waals surface area contributed by atoms with Gasteiger partial charge in [0.2, 0.25) is 17.8 Å². The Morgan fingerprint density at radius 1 is 0.729 bits per heavy atom. The molecule has 2 aromatic carbocycles. The van der Waals surface area contributed by atoms with Crippen LogP contribution in [0.1, 0.15) is 18.6 Å². The number of phenols is 1. The van der Waals surface area contributed by atoms with Crippen LogP contribution in [0.3, 0.4) is 0 Å². The van der Waals surface area contributed by atoms with Crippen LogP contribution in [0, 0.1) is 0 Å². The number of hydrogen-bond acceptors (Lipinski definition) is 17. The number of aliphatic hydroxyl groups is 7. The average molecular weight is 683 g/mol. The summed E-state index contributed by atoms with van der Waals surface area (Å²) in [6, 6.07) is 4.05. The van der Waals surface area contributed by atoms with Crippen LogP contribution in [0.2, 0.25) is 0 Å². The molecule has 2 fully saturated rings. The predicted molar refractivity (Wildman–Crippen MR) is 161 cm³/mol. The van der Waals surface area contributed by atoms with Crippen molar-refractivity contribution in [3.05, 3.63) is 34.0 Å². The zero-order valence-corrected chi connectivity index (χ0v) is 26.5. The van der Waals surface area contributed by atoms with Crippen LogP contribution < -0.4 is 29.1 Å². The van der Waals surface area contributed by atoms with Crippen molar-refractivity contribution in [3.63, 3.8) is 0 Å². The minimum Gasteiger partial charge on any atom is -0.504 e. The lowest BCUT2D eigenvalue weighted by molar-refractivity contribution is -0.268. The summed E-state index contributed by atoms with van der Waals surface area (Å²) in [6.45, 7) is 0.561. The normalized spacial score (nSPS) is 30.6. The van der Waals surface area contributed by atoms with E-state index in [2.05, 4.69) is 0 Å². The van der Waals surface area contributed by atoms with Crippen LogP contribution >= 0.6 is 0 Å². The van der Waals surface area contributed by atoms with Gasteiger partial charge in [-0.2, -0.15) is 0 Å². The van der Waals surface area contributed by atoms with Gasteiger partial charge in [0.15, 0.2) is 28.3 Å². The second-order valence-corrected chi connectivity index (χ2v) is 11.3. The molecule has 0 amide bonds. The molecule has 3 aromatic rings. The summed E-state index contributed by atoms with van der Waals surface area (Å²) in [7, 11) is 5.33. The number of aliphatic hydroxyl groups excluding tert-OH is 7. The van der Waals surface area contributed by atoms with Crippen molar-refractivity contribution < 1.29 is 78.4 Å². The largest absolute Gasteiger partial charge is 0.504 e. The van der Waals surface area contributed by atoms with Gasteiger partial charge < -0.3 is 78.4 Å². The molecule has 1 aromatic heterocycles. The zero-order valence-electron chi connectivity index (χ0n) is 26.5. The topological polar surface area (TPSA) is 257 Å². The highest BCUT2D eigenvalue weighted by atomic mass is 16.7. The van der Waals surface area contributed by atoms with E-state index in [1.807, 2.05) is 0 Å². The van der Waals surface area contributed by atoms with Crippen molar-refractivity contribution in [1.29, 1.82) is 0 Å². The first kappa shape index (κ1) is 35.4. The molecular formula is C31H38O17. The molecule has 17 nitrogen and oxygen atoms in total. The van der Waals surface area contributed by atoms with Gasteiger partial charge in [-0.25, -0.2) is 0 Å². The van der Waals surface area contributed by atoms with Crippen LogP contribution in [0.5, 0.6) is 34.5 Å². The number of ether oxygens (including phenoxy) is 7. The first-order chi connectivity index (χ1) is 22.8. The molecule has 10 atom stereocenters. The Balaban J connectivity index is 1.80. The molecule has 48 heavy (non-hydrogen) atoms. The summed E-state index contributed by atoms with van der Waals surface area (Å²) >= 11 is 0. The van der Waals surface area contributed by atoms with Gasteiger partial charge in [-0.3, -0.25) is 4.79 Å². The van der Waals surface area contributed by atoms with Gasteiger partial charge in [-0.05, 0) is 19.1 Å². The first-order valence-electron chi connectivity index (χ1n) is 14.7. The molecule has 3 heterocycles. The van der Waals surface area contributed by atoms with Gasteiger partial charge in [0, 0.05) is 11.6 Å². The number of benzene rings is 2. The third-order valence-electron chi connectivity index (χ3n) is 8.47. The first-order valence-corrected chi connectivity index (χ1v) is 14.7. The number of fused-ring (bicyclic) bond motifs is 1. The van der Waals surface area contributed by atoms with E-state index in [0.29, 0.717) is 0 Å². The fourth-order valence-corrected chi connectivity index (χ4v) is 5.85. The minimum atomic E-state index is -1.98. The summed E-state index contributed by atoms with van der Waals surface area (Å²) in [5, 5.41) is 84.5. The van der Waals surface area contributed by atoms with Gasteiger partial charge >= 0.3 is 0 Å². The van der Waals surface area contributed by atoms with Crippen molar-refractivity contribution >= 4 is 11.0 Å². The van der Waals surface area contributed by atoms with Crippen LogP contribution in [0.4, 0.5) is 0 Å². The van der Waals surface area contributed by atoms with E-state index < -0.39 is 107 Å². The predicted octanol–water partition coefficient (Wildman–Crippen LogP) is -1.08. The van der Waals surface area contributed by atoms with Crippen molar-refractivity contribution in [2.75, 3.05) is 35.0 Å². The van der Waals surface area contributed by atoms with E-state index in [4.69, 9.17) is 37.6 Å². The number of phenolic OH excluding ortho intramolecular Hbond substituents is 1. The van der Waals surface area contributed by atoms with E-state index in [-0.39, 0.29) is 28.6 Å². The maximum Gasteiger partial charge on any atom is 0.229 e. The summed E-state index contributed by atoms with van der Waals surface area (Å²) in [6.07, 6.45) is -17.0. The summed E-state index contributed by atoms with van der Waals surface area (Å²) in [4.78, 5) is 14.1. The number of methoxy groups -OCH3 is 4. The highest BCUT2D eigenvalue weighted by molar-refractivity contribution is 5.94. The molecular weight excluding hydrogens is 644 g/mol. The molecule has 5 rings (SSSR count). The second kappa shape index (κ2) is 13.9. The summed E-state index contributed by atoms with van der Waals surface area (Å²) in [5.41, 5.74) is -1.47. The zero-order chi connectivity index (χ0) is 35.2. The lowest BCUT2D eigenvalue weighted by Gasteiger charge is -2.42. The molecule has 264 valence electrons. The van der Waals surface area contributed by atoms with E-state index in [1.165, 1.54) is 40.4 Å². The van der Waals surface area contributed by atoms with E-state index in [1.54, 1.807) is 0 Å². The highest BCUT2D eigenvalue weighted by Gasteiger charge is 2.49. The Bertz CT molecular complexity index is 1660. The van der Waals surface area contributed by atoms with Crippen LogP contribution in [-0.4, -0.2) is 131 Å². The quantitative estimate of drug-likeness (QED) is 0.134. The minimum absolute atomic E-state index is 0.0721. The standard InChI is InChI=1S/C31H38O17/c1-10-19(34)22(37)25(40)31(45-10)48-27-17-12(33)8-13(11-6-14(41-2)26(43-4)15(7-11)42-3)46-29(17)30(44-5)21(36)18(27)28-24(39)23(38)20(35)16(9-32)47-28/h6-8,10,16,19-20,22-25,28,31-32,34-40H,9H2,1-5H3. The number of hydrogen-bond donors (Lipinski definition) is 8. The van der Waals surface area contributed by atoms with Gasteiger partial charge in [0.05, 0.1) is 46.7 Å². The van der Waals surface area contributed by atoms with Crippen LogP contribution in [-0.2, 0) is 9.47 Å². The average Bonchev–Trinajstić information content (AvgIpc) is 3.08. The van der Waals surface area contributed by atoms with Crippen molar-refractivity contribution in [1.82, 2.24) is 0 Å². The molecule has 0 saturated carbocycles. The third-order valence-corrected chi connectivity index (χ3v) is 8.47. The smallest absolute Gasteiger partial charge is 0.229 e. The van der Waals surface area contributed by atoms with Crippen molar-refractivity contribution in [2.24, 2.45) is 0 Å². The lowest BCUT2D eigenvalue weighted by atomic mass is 9.89. The molecule has 0 radical (unpaired) electrons. The molecule has 0 spiro atoms. The van der Waals surface area contributed by atoms with Crippen molar-refractivity contribution in [2.45, 2.75) is 68.1 Å². The molecule has 10 unspecified atom stereocenters. The fraction of sp³-hybridized carbons (Fsp3) is 0.516. The lowest BCUT2D eigenvalue weighted by Crippen LogP contribution is -2.58. The van der Waals surface area contributed by atoms with Gasteiger partial charge in [0.1, 0.15) is 65.7 Å². The molecule has 8 N–H and O–H groups in total. The molecule has 2 aliphatic rings. The molecule has 0 bridgehead atoms. The highest BCUT2D eigenvalue weighted by Crippen LogP contribution is 2.52. The maximum absolute atomic E-state index is 14.1. The van der Waals surface area contributed by atoms with Gasteiger partial charge in [-0.1, -0.05) is 0 Å². The van der Waals surface area contributed by atoms with Crippen molar-refractivity contribution in [3.8, 4) is 45.8 Å². The summed E-state index contributed by atoms with van der Waals surface area (Å²) < 4.78 is 45.0. The monoisotopic (exact) mass is 682 g/mol. The Labute approximate surface area is 272 Å². The SMILES string of the molecule is COc1cc(-c2cc(=O)c3c(OC4OC(C)C(O)C(O)C4O)c(C4OC(CO)C(O)C(O)C4O)c(O)c(OC)c3o2)cc(OC)c1OC. The molecule has 17 heteroatoms. The van der Waals surface area contributed by atoms with E-state index in [0.717, 1.165) is 13.2 Å². The number of rotatable bonds is 9. The Kier molecular flexibility index (Phi) is 10.3. The molecule has 2 aliphatic heterocycles. The fourth-order valence-electron chi connectivity index (χ4n) is 5.85. The second-order valence-electron chi connectivity index (χ2n) is 11.3. The Hall–Kier alpha value is -3.91. The van der Waals surface area contributed by atoms with E-state index in [9.17, 15) is 45.6 Å². The number of aromatic hydroxyl groups is 1. The molecule has 2 saturated heterocycles. The van der Waals surface area contributed by atoms with E-state index >= 15 is 0 Å². The Morgan fingerprint density at radius 3 is 1.90 bits per heavy atom.